The number of amides is 2. The number of halogens is 1. The molecule has 2 aromatic rings. The minimum absolute atomic E-state index is 0.0323. The molecule has 6 nitrogen and oxygen atoms in total. The fraction of sp³-hybridized carbons (Fsp3) is 0.455. The Labute approximate surface area is 169 Å². The predicted molar refractivity (Wildman–Crippen MR) is 108 cm³/mol. The topological polar surface area (TPSA) is 84.0 Å². The molecular formula is C22H25FN4O2. The first-order valence-corrected chi connectivity index (χ1v) is 10.3. The van der Waals surface area contributed by atoms with Gasteiger partial charge in [0, 0.05) is 12.1 Å². The van der Waals surface area contributed by atoms with Gasteiger partial charge in [-0.3, -0.25) is 9.59 Å². The van der Waals surface area contributed by atoms with Crippen LogP contribution in [0.2, 0.25) is 0 Å². The van der Waals surface area contributed by atoms with Gasteiger partial charge in [-0.25, -0.2) is 9.97 Å². The minimum Gasteiger partial charge on any atom is -0.324 e. The zero-order chi connectivity index (χ0) is 20.3. The third kappa shape index (κ3) is 4.13. The van der Waals surface area contributed by atoms with Crippen LogP contribution in [0.1, 0.15) is 56.9 Å². The van der Waals surface area contributed by atoms with Crippen LogP contribution in [0, 0.1) is 11.9 Å². The third-order valence-electron chi connectivity index (χ3n) is 6.17. The van der Waals surface area contributed by atoms with E-state index in [4.69, 9.17) is 0 Å². The number of nitrogens with zero attached hydrogens (tertiary/aromatic N) is 2. The summed E-state index contributed by atoms with van der Waals surface area (Å²) in [6.07, 6.45) is 10.7. The molecule has 0 atom stereocenters. The van der Waals surface area contributed by atoms with Gasteiger partial charge in [-0.1, -0.05) is 31.7 Å². The maximum absolute atomic E-state index is 13.0. The Morgan fingerprint density at radius 2 is 1.72 bits per heavy atom. The second kappa shape index (κ2) is 8.27. The second-order valence-corrected chi connectivity index (χ2v) is 8.02. The van der Waals surface area contributed by atoms with Crippen molar-refractivity contribution in [2.24, 2.45) is 5.92 Å². The van der Waals surface area contributed by atoms with Crippen molar-refractivity contribution in [2.75, 3.05) is 10.6 Å². The number of aromatic nitrogens is 2. The van der Waals surface area contributed by atoms with Crippen LogP contribution in [0.3, 0.4) is 0 Å². The number of hydrogen-bond donors (Lipinski definition) is 2. The molecule has 2 aliphatic carbocycles. The first-order valence-electron chi connectivity index (χ1n) is 10.3. The Balaban J connectivity index is 1.44. The molecule has 0 unspecified atom stereocenters. The molecule has 2 N–H and O–H groups in total. The summed E-state index contributed by atoms with van der Waals surface area (Å²) in [6, 6.07) is 6.34. The molecule has 7 heteroatoms. The normalized spacial score (nSPS) is 18.5. The average Bonchev–Trinajstić information content (AvgIpc) is 2.71. The number of hydrogen-bond acceptors (Lipinski definition) is 4. The number of nitrogens with one attached hydrogen (secondary N) is 2. The van der Waals surface area contributed by atoms with Gasteiger partial charge < -0.3 is 10.6 Å². The van der Waals surface area contributed by atoms with Crippen LogP contribution in [0.4, 0.5) is 15.9 Å². The summed E-state index contributed by atoms with van der Waals surface area (Å²) in [5.74, 6) is -0.112. The number of carbonyl (C=O) groups is 2. The van der Waals surface area contributed by atoms with Gasteiger partial charge in [0.1, 0.15) is 5.82 Å². The van der Waals surface area contributed by atoms with Gasteiger partial charge in [0.15, 0.2) is 0 Å². The molecule has 0 aliphatic heterocycles. The summed E-state index contributed by atoms with van der Waals surface area (Å²) >= 11 is 0. The van der Waals surface area contributed by atoms with E-state index in [9.17, 15) is 14.0 Å². The lowest BCUT2D eigenvalue weighted by molar-refractivity contribution is -0.124. The molecule has 0 radical (unpaired) electrons. The highest BCUT2D eigenvalue weighted by molar-refractivity contribution is 6.00. The highest BCUT2D eigenvalue weighted by atomic mass is 19.1. The highest BCUT2D eigenvalue weighted by Gasteiger charge is 2.46. The van der Waals surface area contributed by atoms with Crippen molar-refractivity contribution in [3.8, 4) is 0 Å². The molecule has 0 spiro atoms. The first-order chi connectivity index (χ1) is 14.1. The Bertz CT molecular complexity index is 873. The summed E-state index contributed by atoms with van der Waals surface area (Å²) in [7, 11) is 0. The van der Waals surface area contributed by atoms with Gasteiger partial charge in [0.05, 0.1) is 17.3 Å². The van der Waals surface area contributed by atoms with Crippen LogP contribution in [-0.2, 0) is 15.0 Å². The molecule has 2 aliphatic rings. The smallest absolute Gasteiger partial charge is 0.235 e. The molecule has 2 amide bonds. The predicted octanol–water partition coefficient (Wildman–Crippen LogP) is 4.19. The quantitative estimate of drug-likeness (QED) is 0.742. The van der Waals surface area contributed by atoms with Crippen LogP contribution in [0.15, 0.2) is 36.7 Å². The van der Waals surface area contributed by atoms with Crippen LogP contribution in [0.25, 0.3) is 0 Å². The SMILES string of the molecule is O=C(Nc1ccc(C2(C(=O)Nc3ccc(F)nc3)CCC2)cn1)C1CCCCC1. The third-order valence-corrected chi connectivity index (χ3v) is 6.17. The maximum atomic E-state index is 13.0. The average molecular weight is 396 g/mol. The van der Waals surface area contributed by atoms with Gasteiger partial charge in [-0.2, -0.15) is 4.39 Å². The molecule has 2 fully saturated rings. The molecule has 29 heavy (non-hydrogen) atoms. The number of rotatable bonds is 5. The fourth-order valence-corrected chi connectivity index (χ4v) is 4.22. The van der Waals surface area contributed by atoms with E-state index in [1.165, 1.54) is 24.8 Å². The van der Waals surface area contributed by atoms with Crippen LogP contribution in [0.5, 0.6) is 0 Å². The van der Waals surface area contributed by atoms with Crippen molar-refractivity contribution >= 4 is 23.3 Å². The largest absolute Gasteiger partial charge is 0.324 e. The van der Waals surface area contributed by atoms with Crippen molar-refractivity contribution in [1.82, 2.24) is 9.97 Å². The van der Waals surface area contributed by atoms with Crippen molar-refractivity contribution in [3.05, 3.63) is 48.2 Å². The standard InChI is InChI=1S/C22H25FN4O2/c23-18-9-8-17(14-24-18)26-21(29)22(11-4-12-22)16-7-10-19(25-13-16)27-20(28)15-5-2-1-3-6-15/h7-10,13-15H,1-6,11-12H2,(H,26,29)(H,25,27,28). The van der Waals surface area contributed by atoms with Crippen LogP contribution >= 0.6 is 0 Å². The summed E-state index contributed by atoms with van der Waals surface area (Å²) in [5.41, 5.74) is 0.645. The zero-order valence-electron chi connectivity index (χ0n) is 16.3. The molecule has 4 rings (SSSR count). The summed E-state index contributed by atoms with van der Waals surface area (Å²) < 4.78 is 13.0. The van der Waals surface area contributed by atoms with Crippen molar-refractivity contribution < 1.29 is 14.0 Å². The fourth-order valence-electron chi connectivity index (χ4n) is 4.22. The first kappa shape index (κ1) is 19.5. The monoisotopic (exact) mass is 396 g/mol. The Morgan fingerprint density at radius 3 is 2.31 bits per heavy atom. The Hall–Kier alpha value is -2.83. The lowest BCUT2D eigenvalue weighted by Crippen LogP contribution is -2.46. The van der Waals surface area contributed by atoms with E-state index in [2.05, 4.69) is 20.6 Å². The number of carbonyl (C=O) groups excluding carboxylic acids is 2. The van der Waals surface area contributed by atoms with E-state index in [-0.39, 0.29) is 17.7 Å². The van der Waals surface area contributed by atoms with E-state index in [0.717, 1.165) is 50.5 Å². The Morgan fingerprint density at radius 1 is 0.931 bits per heavy atom. The van der Waals surface area contributed by atoms with Gasteiger partial charge in [0.25, 0.3) is 0 Å². The van der Waals surface area contributed by atoms with Crippen molar-refractivity contribution in [2.45, 2.75) is 56.8 Å². The van der Waals surface area contributed by atoms with E-state index in [1.807, 2.05) is 6.07 Å². The molecule has 0 aromatic carbocycles. The summed E-state index contributed by atoms with van der Waals surface area (Å²) in [4.78, 5) is 33.3. The molecule has 152 valence electrons. The zero-order valence-corrected chi connectivity index (χ0v) is 16.3. The van der Waals surface area contributed by atoms with E-state index >= 15 is 0 Å². The summed E-state index contributed by atoms with van der Waals surface area (Å²) in [6.45, 7) is 0. The van der Waals surface area contributed by atoms with Crippen molar-refractivity contribution in [1.29, 1.82) is 0 Å². The maximum Gasteiger partial charge on any atom is 0.235 e. The van der Waals surface area contributed by atoms with Gasteiger partial charge in [0.2, 0.25) is 17.8 Å². The second-order valence-electron chi connectivity index (χ2n) is 8.02. The molecule has 2 heterocycles. The molecule has 0 saturated heterocycles. The van der Waals surface area contributed by atoms with E-state index in [1.54, 1.807) is 12.3 Å². The Kier molecular flexibility index (Phi) is 5.56. The highest BCUT2D eigenvalue weighted by Crippen LogP contribution is 2.44. The van der Waals surface area contributed by atoms with E-state index in [0.29, 0.717) is 11.5 Å². The van der Waals surface area contributed by atoms with Gasteiger partial charge in [-0.05, 0) is 49.4 Å². The minimum atomic E-state index is -0.646. The lowest BCUT2D eigenvalue weighted by atomic mass is 9.64. The molecule has 2 aromatic heterocycles. The van der Waals surface area contributed by atoms with Crippen LogP contribution < -0.4 is 10.6 Å². The van der Waals surface area contributed by atoms with E-state index < -0.39 is 11.4 Å². The number of pyridine rings is 2. The molecular weight excluding hydrogens is 371 g/mol. The molecule has 0 bridgehead atoms. The lowest BCUT2D eigenvalue weighted by Gasteiger charge is -2.40. The summed E-state index contributed by atoms with van der Waals surface area (Å²) in [5, 5.41) is 5.74. The molecule has 2 saturated carbocycles. The van der Waals surface area contributed by atoms with Gasteiger partial charge >= 0.3 is 0 Å². The number of anilines is 2. The van der Waals surface area contributed by atoms with Gasteiger partial charge in [-0.15, -0.1) is 0 Å². The van der Waals surface area contributed by atoms with Crippen molar-refractivity contribution in [3.63, 3.8) is 0 Å². The van der Waals surface area contributed by atoms with Crippen LogP contribution in [-0.4, -0.2) is 21.8 Å².